The molecule has 1 heterocycles. The van der Waals surface area contributed by atoms with E-state index in [-0.39, 0.29) is 19.1 Å². The zero-order valence-electron chi connectivity index (χ0n) is 6.84. The molecule has 2 N–H and O–H groups in total. The topological polar surface area (TPSA) is 76.0 Å². The van der Waals surface area contributed by atoms with Crippen molar-refractivity contribution in [2.75, 3.05) is 13.2 Å². The van der Waals surface area contributed by atoms with Crippen LogP contribution in [0.3, 0.4) is 0 Å². The number of rotatable bonds is 0. The second-order valence-corrected chi connectivity index (χ2v) is 4.38. The van der Waals surface area contributed by atoms with Crippen LogP contribution in [0.15, 0.2) is 0 Å². The molecule has 0 radical (unpaired) electrons. The van der Waals surface area contributed by atoms with E-state index in [1.807, 2.05) is 6.92 Å². The highest BCUT2D eigenvalue weighted by Gasteiger charge is 2.27. The van der Waals surface area contributed by atoms with Gasteiger partial charge in [-0.1, -0.05) is 6.92 Å². The molecule has 72 valence electrons. The maximum absolute atomic E-state index is 10.9. The van der Waals surface area contributed by atoms with Gasteiger partial charge in [-0.05, 0) is 12.3 Å². The van der Waals surface area contributed by atoms with Gasteiger partial charge < -0.3 is 10.00 Å². The molecule has 0 aromatic carbocycles. The molecule has 0 aromatic rings. The van der Waals surface area contributed by atoms with E-state index in [0.29, 0.717) is 6.42 Å². The Hall–Kier alpha value is 0.0700. The van der Waals surface area contributed by atoms with Gasteiger partial charge >= 0.3 is 7.82 Å². The van der Waals surface area contributed by atoms with Crippen molar-refractivity contribution in [1.82, 2.24) is 0 Å². The number of hydrogen-bond donors (Lipinski definition) is 2. The summed E-state index contributed by atoms with van der Waals surface area (Å²) < 4.78 is 19.9. The molecule has 0 spiro atoms. The zero-order valence-corrected chi connectivity index (χ0v) is 7.74. The van der Waals surface area contributed by atoms with E-state index in [0.717, 1.165) is 0 Å². The van der Waals surface area contributed by atoms with E-state index in [9.17, 15) is 9.67 Å². The van der Waals surface area contributed by atoms with Gasteiger partial charge in [0.15, 0.2) is 0 Å². The fourth-order valence-electron chi connectivity index (χ4n) is 0.918. The number of phosphoric acid groups is 1. The fraction of sp³-hybridized carbons (Fsp3) is 1.00. The molecule has 1 aliphatic rings. The predicted octanol–water partition coefficient (Wildman–Crippen LogP) is 0.521. The molecule has 1 fully saturated rings. The van der Waals surface area contributed by atoms with E-state index in [1.165, 1.54) is 0 Å². The van der Waals surface area contributed by atoms with Gasteiger partial charge in [-0.3, -0.25) is 9.05 Å². The van der Waals surface area contributed by atoms with Crippen molar-refractivity contribution in [3.05, 3.63) is 0 Å². The molecular formula is C6H13O5P. The average Bonchev–Trinajstić information content (AvgIpc) is 1.98. The van der Waals surface area contributed by atoms with Crippen LogP contribution in [0.2, 0.25) is 0 Å². The van der Waals surface area contributed by atoms with Crippen LogP contribution in [0, 0.1) is 5.92 Å². The lowest BCUT2D eigenvalue weighted by Crippen LogP contribution is -2.26. The Balaban J connectivity index is 2.52. The first-order chi connectivity index (χ1) is 5.51. The molecule has 0 saturated carbocycles. The van der Waals surface area contributed by atoms with Crippen LogP contribution in [0.5, 0.6) is 0 Å². The molecular weight excluding hydrogens is 183 g/mol. The Morgan fingerprint density at radius 2 is 2.17 bits per heavy atom. The minimum atomic E-state index is -3.88. The number of phosphoric ester groups is 1. The third kappa shape index (κ3) is 2.84. The van der Waals surface area contributed by atoms with Crippen molar-refractivity contribution >= 4 is 7.82 Å². The summed E-state index contributed by atoms with van der Waals surface area (Å²) in [4.78, 5) is 8.88. The Morgan fingerprint density at radius 1 is 1.50 bits per heavy atom. The fourth-order valence-corrected chi connectivity index (χ4v) is 1.67. The third-order valence-electron chi connectivity index (χ3n) is 1.89. The average molecular weight is 196 g/mol. The van der Waals surface area contributed by atoms with Gasteiger partial charge in [-0.2, -0.15) is 0 Å². The Labute approximate surface area is 70.9 Å². The standard InChI is InChI=1S/C6H13O5P/c1-5-2-3-10-12(8,9)11-4-6(5)7/h5-7H,2-4H2,1H3,(H,8,9). The summed E-state index contributed by atoms with van der Waals surface area (Å²) >= 11 is 0. The Morgan fingerprint density at radius 3 is 2.83 bits per heavy atom. The van der Waals surface area contributed by atoms with Crippen molar-refractivity contribution in [3.63, 3.8) is 0 Å². The second kappa shape index (κ2) is 3.85. The highest BCUT2D eigenvalue weighted by molar-refractivity contribution is 7.47. The summed E-state index contributed by atoms with van der Waals surface area (Å²) in [6.07, 6.45) is -0.121. The highest BCUT2D eigenvalue weighted by Crippen LogP contribution is 2.44. The van der Waals surface area contributed by atoms with E-state index in [4.69, 9.17) is 4.89 Å². The SMILES string of the molecule is CC1CCOP(=O)(O)OCC1O. The Kier molecular flexibility index (Phi) is 3.26. The molecule has 1 aliphatic heterocycles. The number of hydrogen-bond acceptors (Lipinski definition) is 4. The smallest absolute Gasteiger partial charge is 0.390 e. The van der Waals surface area contributed by atoms with E-state index in [1.54, 1.807) is 0 Å². The highest BCUT2D eigenvalue weighted by atomic mass is 31.2. The first-order valence-corrected chi connectivity index (χ1v) is 5.31. The van der Waals surface area contributed by atoms with Gasteiger partial charge in [0.25, 0.3) is 0 Å². The summed E-state index contributed by atoms with van der Waals surface area (Å²) in [6, 6.07) is 0. The third-order valence-corrected chi connectivity index (χ3v) is 2.88. The molecule has 5 nitrogen and oxygen atoms in total. The summed E-state index contributed by atoms with van der Waals surface area (Å²) in [6.45, 7) is 1.84. The van der Waals surface area contributed by atoms with Crippen molar-refractivity contribution in [2.24, 2.45) is 5.92 Å². The van der Waals surface area contributed by atoms with Crippen LogP contribution in [-0.2, 0) is 13.6 Å². The minimum absolute atomic E-state index is 0.0327. The molecule has 0 bridgehead atoms. The van der Waals surface area contributed by atoms with Crippen LogP contribution in [0.25, 0.3) is 0 Å². The quantitative estimate of drug-likeness (QED) is 0.552. The van der Waals surface area contributed by atoms with Gasteiger partial charge in [0.05, 0.1) is 19.3 Å². The summed E-state index contributed by atoms with van der Waals surface area (Å²) in [5.74, 6) is 0.0327. The van der Waals surface area contributed by atoms with Crippen molar-refractivity contribution in [2.45, 2.75) is 19.4 Å². The predicted molar refractivity (Wildman–Crippen MR) is 41.5 cm³/mol. The van der Waals surface area contributed by atoms with Crippen molar-refractivity contribution in [1.29, 1.82) is 0 Å². The summed E-state index contributed by atoms with van der Waals surface area (Å²) in [7, 11) is -3.88. The molecule has 3 atom stereocenters. The first-order valence-electron chi connectivity index (χ1n) is 3.81. The van der Waals surface area contributed by atoms with Gasteiger partial charge in [0, 0.05) is 0 Å². The molecule has 0 aromatic heterocycles. The molecule has 6 heteroatoms. The number of aliphatic hydroxyl groups excluding tert-OH is 1. The molecule has 1 saturated heterocycles. The maximum atomic E-state index is 10.9. The lowest BCUT2D eigenvalue weighted by Gasteiger charge is -2.23. The van der Waals surface area contributed by atoms with Crippen molar-refractivity contribution in [3.8, 4) is 0 Å². The monoisotopic (exact) mass is 196 g/mol. The van der Waals surface area contributed by atoms with E-state index >= 15 is 0 Å². The lowest BCUT2D eigenvalue weighted by atomic mass is 10.0. The van der Waals surface area contributed by atoms with Crippen LogP contribution < -0.4 is 0 Å². The molecule has 1 rings (SSSR count). The normalized spacial score (nSPS) is 44.9. The first kappa shape index (κ1) is 10.2. The largest absolute Gasteiger partial charge is 0.472 e. The van der Waals surface area contributed by atoms with Gasteiger partial charge in [-0.15, -0.1) is 0 Å². The van der Waals surface area contributed by atoms with Gasteiger partial charge in [-0.25, -0.2) is 4.57 Å². The maximum Gasteiger partial charge on any atom is 0.472 e. The number of aliphatic hydroxyl groups is 1. The second-order valence-electron chi connectivity index (χ2n) is 2.93. The molecule has 12 heavy (non-hydrogen) atoms. The zero-order chi connectivity index (χ0) is 9.19. The van der Waals surface area contributed by atoms with Gasteiger partial charge in [0.2, 0.25) is 0 Å². The molecule has 0 aliphatic carbocycles. The molecule has 0 amide bonds. The van der Waals surface area contributed by atoms with E-state index < -0.39 is 13.9 Å². The van der Waals surface area contributed by atoms with Crippen LogP contribution in [0.1, 0.15) is 13.3 Å². The van der Waals surface area contributed by atoms with Crippen LogP contribution in [0.4, 0.5) is 0 Å². The van der Waals surface area contributed by atoms with Gasteiger partial charge in [0.1, 0.15) is 0 Å². The summed E-state index contributed by atoms with van der Waals surface area (Å²) in [5.41, 5.74) is 0. The minimum Gasteiger partial charge on any atom is -0.390 e. The van der Waals surface area contributed by atoms with E-state index in [2.05, 4.69) is 9.05 Å². The Bertz CT molecular complexity index is 194. The van der Waals surface area contributed by atoms with Crippen molar-refractivity contribution < 1.29 is 23.6 Å². The van der Waals surface area contributed by atoms with Crippen LogP contribution in [-0.4, -0.2) is 29.3 Å². The molecule has 3 unspecified atom stereocenters. The van der Waals surface area contributed by atoms with Crippen LogP contribution >= 0.6 is 7.82 Å². The lowest BCUT2D eigenvalue weighted by molar-refractivity contribution is 0.0162. The summed E-state index contributed by atoms with van der Waals surface area (Å²) in [5, 5.41) is 9.30.